The van der Waals surface area contributed by atoms with Gasteiger partial charge in [0, 0.05) is 23.2 Å². The number of benzene rings is 2. The Bertz CT molecular complexity index is 1260. The first kappa shape index (κ1) is 19.0. The van der Waals surface area contributed by atoms with Crippen molar-refractivity contribution in [2.45, 2.75) is 6.92 Å². The van der Waals surface area contributed by atoms with Gasteiger partial charge in [-0.2, -0.15) is 5.10 Å². The van der Waals surface area contributed by atoms with Gasteiger partial charge in [-0.25, -0.2) is 5.43 Å². The molecule has 8 heteroatoms. The molecule has 8 nitrogen and oxygen atoms in total. The first-order valence-electron chi connectivity index (χ1n) is 9.15. The second kappa shape index (κ2) is 7.96. The summed E-state index contributed by atoms with van der Waals surface area (Å²) in [5.74, 6) is -0.510. The number of hydrogen-bond donors (Lipinski definition) is 2. The van der Waals surface area contributed by atoms with Crippen LogP contribution in [-0.2, 0) is 0 Å². The molecule has 0 bridgehead atoms. The third-order valence-electron chi connectivity index (χ3n) is 4.57. The Balaban J connectivity index is 1.82. The summed E-state index contributed by atoms with van der Waals surface area (Å²) >= 11 is 0. The summed E-state index contributed by atoms with van der Waals surface area (Å²) < 4.78 is 0. The molecule has 2 aromatic heterocycles. The van der Waals surface area contributed by atoms with Crippen LogP contribution in [0.3, 0.4) is 0 Å². The van der Waals surface area contributed by atoms with Gasteiger partial charge in [0.25, 0.3) is 11.6 Å². The van der Waals surface area contributed by atoms with E-state index in [2.05, 4.69) is 20.5 Å². The molecule has 4 aromatic rings. The number of carbonyl (C=O) groups is 1. The molecule has 0 spiro atoms. The number of nitro groups is 1. The van der Waals surface area contributed by atoms with Crippen molar-refractivity contribution in [1.29, 1.82) is 0 Å². The SMILES string of the molecule is Cc1cc([N+](=O)[O-])c2[nH]c(C(=O)N/N=C/c3ccccn3)c(-c3ccccc3)c2c1. The maximum atomic E-state index is 12.9. The number of nitro benzene ring substituents is 1. The molecule has 4 rings (SSSR count). The van der Waals surface area contributed by atoms with Crippen LogP contribution in [0.1, 0.15) is 21.7 Å². The van der Waals surface area contributed by atoms with Crippen molar-refractivity contribution in [2.24, 2.45) is 5.10 Å². The van der Waals surface area contributed by atoms with Crippen molar-refractivity contribution in [2.75, 3.05) is 0 Å². The van der Waals surface area contributed by atoms with E-state index in [0.29, 0.717) is 22.2 Å². The van der Waals surface area contributed by atoms with Crippen LogP contribution in [0.5, 0.6) is 0 Å². The lowest BCUT2D eigenvalue weighted by Crippen LogP contribution is -2.19. The standard InChI is InChI=1S/C22H17N5O3/c1-14-11-17-19(15-7-3-2-4-8-15)21(25-20(17)18(12-14)27(29)30)22(28)26-24-13-16-9-5-6-10-23-16/h2-13,25H,1H3,(H,26,28)/b24-13+. The van der Waals surface area contributed by atoms with Crippen LogP contribution >= 0.6 is 0 Å². The van der Waals surface area contributed by atoms with E-state index in [0.717, 1.165) is 11.1 Å². The van der Waals surface area contributed by atoms with Gasteiger partial charge in [-0.05, 0) is 36.2 Å². The number of carbonyl (C=O) groups excluding carboxylic acids is 1. The number of pyridine rings is 1. The molecule has 0 radical (unpaired) electrons. The Morgan fingerprint density at radius 3 is 2.63 bits per heavy atom. The number of amides is 1. The highest BCUT2D eigenvalue weighted by Gasteiger charge is 2.24. The van der Waals surface area contributed by atoms with Gasteiger partial charge in [-0.3, -0.25) is 19.9 Å². The van der Waals surface area contributed by atoms with Gasteiger partial charge in [-0.1, -0.05) is 36.4 Å². The number of fused-ring (bicyclic) bond motifs is 1. The van der Waals surface area contributed by atoms with Gasteiger partial charge in [0.1, 0.15) is 11.2 Å². The molecule has 0 fully saturated rings. The van der Waals surface area contributed by atoms with Gasteiger partial charge in [0.2, 0.25) is 0 Å². The van der Waals surface area contributed by atoms with E-state index in [9.17, 15) is 14.9 Å². The van der Waals surface area contributed by atoms with Crippen LogP contribution in [0.25, 0.3) is 22.0 Å². The van der Waals surface area contributed by atoms with Crippen molar-refractivity contribution in [3.63, 3.8) is 0 Å². The van der Waals surface area contributed by atoms with Gasteiger partial charge < -0.3 is 4.98 Å². The average Bonchev–Trinajstić information content (AvgIpc) is 3.13. The Labute approximate surface area is 171 Å². The molecule has 0 atom stereocenters. The Kier molecular flexibility index (Phi) is 5.04. The maximum Gasteiger partial charge on any atom is 0.293 e. The fourth-order valence-electron chi connectivity index (χ4n) is 3.30. The number of aromatic amines is 1. The van der Waals surface area contributed by atoms with Crippen LogP contribution in [0.15, 0.2) is 72.0 Å². The summed E-state index contributed by atoms with van der Waals surface area (Å²) in [7, 11) is 0. The van der Waals surface area contributed by atoms with E-state index >= 15 is 0 Å². The molecule has 0 aliphatic heterocycles. The molecule has 2 heterocycles. The first-order chi connectivity index (χ1) is 14.5. The molecule has 0 saturated carbocycles. The van der Waals surface area contributed by atoms with E-state index in [1.165, 1.54) is 12.3 Å². The number of aromatic nitrogens is 2. The zero-order chi connectivity index (χ0) is 21.1. The largest absolute Gasteiger partial charge is 0.344 e. The van der Waals surface area contributed by atoms with Crippen molar-refractivity contribution in [3.8, 4) is 11.1 Å². The summed E-state index contributed by atoms with van der Waals surface area (Å²) in [6.07, 6.45) is 3.05. The fraction of sp³-hybridized carbons (Fsp3) is 0.0455. The number of nitrogens with zero attached hydrogens (tertiary/aromatic N) is 3. The summed E-state index contributed by atoms with van der Waals surface area (Å²) in [4.78, 5) is 31.1. The lowest BCUT2D eigenvalue weighted by Gasteiger charge is -2.04. The lowest BCUT2D eigenvalue weighted by molar-refractivity contribution is -0.383. The van der Waals surface area contributed by atoms with Crippen molar-refractivity contribution >= 4 is 28.7 Å². The number of H-pyrrole nitrogens is 1. The van der Waals surface area contributed by atoms with Crippen LogP contribution in [-0.4, -0.2) is 27.0 Å². The van der Waals surface area contributed by atoms with Crippen LogP contribution in [0.2, 0.25) is 0 Å². The predicted octanol–water partition coefficient (Wildman–Crippen LogP) is 4.21. The molecule has 0 aliphatic carbocycles. The van der Waals surface area contributed by atoms with E-state index < -0.39 is 10.8 Å². The fourth-order valence-corrected chi connectivity index (χ4v) is 3.30. The zero-order valence-corrected chi connectivity index (χ0v) is 16.0. The smallest absolute Gasteiger partial charge is 0.293 e. The predicted molar refractivity (Wildman–Crippen MR) is 114 cm³/mol. The molecular formula is C22H17N5O3. The van der Waals surface area contributed by atoms with Crippen molar-refractivity contribution in [1.82, 2.24) is 15.4 Å². The second-order valence-electron chi connectivity index (χ2n) is 6.66. The van der Waals surface area contributed by atoms with Crippen LogP contribution < -0.4 is 5.43 Å². The number of hydrazone groups is 1. The molecule has 30 heavy (non-hydrogen) atoms. The van der Waals surface area contributed by atoms with Crippen molar-refractivity contribution in [3.05, 3.63) is 93.9 Å². The quantitative estimate of drug-likeness (QED) is 0.297. The number of aryl methyl sites for hydroxylation is 1. The third-order valence-corrected chi connectivity index (χ3v) is 4.57. The maximum absolute atomic E-state index is 12.9. The highest BCUT2D eigenvalue weighted by Crippen LogP contribution is 2.37. The normalized spacial score (nSPS) is 11.1. The number of non-ortho nitro benzene ring substituents is 1. The highest BCUT2D eigenvalue weighted by atomic mass is 16.6. The molecule has 0 aliphatic rings. The minimum absolute atomic E-state index is 0.0850. The van der Waals surface area contributed by atoms with Crippen molar-refractivity contribution < 1.29 is 9.72 Å². The van der Waals surface area contributed by atoms with Gasteiger partial charge in [0.05, 0.1) is 16.8 Å². The summed E-state index contributed by atoms with van der Waals surface area (Å²) in [5.41, 5.74) is 5.54. The van der Waals surface area contributed by atoms with E-state index in [-0.39, 0.29) is 11.4 Å². The van der Waals surface area contributed by atoms with Crippen LogP contribution in [0.4, 0.5) is 5.69 Å². The number of rotatable bonds is 5. The van der Waals surface area contributed by atoms with Gasteiger partial charge in [-0.15, -0.1) is 0 Å². The molecule has 2 N–H and O–H groups in total. The second-order valence-corrected chi connectivity index (χ2v) is 6.66. The molecular weight excluding hydrogens is 382 g/mol. The molecule has 2 aromatic carbocycles. The molecule has 148 valence electrons. The number of nitrogens with one attached hydrogen (secondary N) is 2. The first-order valence-corrected chi connectivity index (χ1v) is 9.15. The van der Waals surface area contributed by atoms with E-state index in [4.69, 9.17) is 0 Å². The monoisotopic (exact) mass is 399 g/mol. The Morgan fingerprint density at radius 2 is 1.93 bits per heavy atom. The Morgan fingerprint density at radius 1 is 1.17 bits per heavy atom. The van der Waals surface area contributed by atoms with E-state index in [1.807, 2.05) is 42.5 Å². The molecule has 0 saturated heterocycles. The molecule has 1 amide bonds. The highest BCUT2D eigenvalue weighted by molar-refractivity contribution is 6.11. The lowest BCUT2D eigenvalue weighted by atomic mass is 10.00. The van der Waals surface area contributed by atoms with E-state index in [1.54, 1.807) is 25.3 Å². The minimum Gasteiger partial charge on any atom is -0.344 e. The average molecular weight is 399 g/mol. The number of hydrogen-bond acceptors (Lipinski definition) is 5. The summed E-state index contributed by atoms with van der Waals surface area (Å²) in [5, 5.41) is 16.1. The third kappa shape index (κ3) is 3.66. The van der Waals surface area contributed by atoms with Gasteiger partial charge in [0.15, 0.2) is 0 Å². The Hall–Kier alpha value is -4.33. The minimum atomic E-state index is -0.510. The summed E-state index contributed by atoms with van der Waals surface area (Å²) in [6, 6.07) is 17.9. The topological polar surface area (TPSA) is 113 Å². The van der Waals surface area contributed by atoms with Gasteiger partial charge >= 0.3 is 0 Å². The van der Waals surface area contributed by atoms with Crippen LogP contribution in [0, 0.1) is 17.0 Å². The summed E-state index contributed by atoms with van der Waals surface area (Å²) in [6.45, 7) is 1.78. The zero-order valence-electron chi connectivity index (χ0n) is 16.0. The molecule has 0 unspecified atom stereocenters.